The smallest absolute Gasteiger partial charge is 0.311 e. The number of unbranched alkanes of at least 4 members (excludes halogenated alkanes) is 1. The Hall–Kier alpha value is -1.06. The van der Waals surface area contributed by atoms with E-state index in [-0.39, 0.29) is 17.8 Å². The summed E-state index contributed by atoms with van der Waals surface area (Å²) < 4.78 is 5.05. The van der Waals surface area contributed by atoms with Gasteiger partial charge in [0.05, 0.1) is 12.5 Å². The van der Waals surface area contributed by atoms with E-state index < -0.39 is 0 Å². The highest BCUT2D eigenvalue weighted by atomic mass is 16.5. The molecule has 1 atom stereocenters. The van der Waals surface area contributed by atoms with Crippen LogP contribution in [0.25, 0.3) is 0 Å². The molecule has 0 aromatic rings. The van der Waals surface area contributed by atoms with E-state index in [0.717, 1.165) is 12.8 Å². The normalized spacial score (nSPS) is 21.4. The van der Waals surface area contributed by atoms with Crippen LogP contribution < -0.4 is 0 Å². The minimum atomic E-state index is -0.246. The Morgan fingerprint density at radius 1 is 1.64 bits per heavy atom. The third-order valence-electron chi connectivity index (χ3n) is 2.42. The molecular formula is C10H17NO3. The molecule has 0 saturated carbocycles. The van der Waals surface area contributed by atoms with Crippen molar-refractivity contribution in [2.75, 3.05) is 20.2 Å². The maximum Gasteiger partial charge on any atom is 0.311 e. The zero-order valence-corrected chi connectivity index (χ0v) is 8.78. The summed E-state index contributed by atoms with van der Waals surface area (Å²) in [7, 11) is 1.71. The van der Waals surface area contributed by atoms with E-state index in [1.165, 1.54) is 0 Å². The highest BCUT2D eigenvalue weighted by molar-refractivity contribution is 5.86. The van der Waals surface area contributed by atoms with Gasteiger partial charge in [-0.15, -0.1) is 0 Å². The van der Waals surface area contributed by atoms with Crippen LogP contribution in [0, 0.1) is 5.92 Å². The molecule has 80 valence electrons. The van der Waals surface area contributed by atoms with Crippen molar-refractivity contribution in [3.05, 3.63) is 0 Å². The lowest BCUT2D eigenvalue weighted by molar-refractivity contribution is -0.148. The van der Waals surface area contributed by atoms with Crippen molar-refractivity contribution in [1.29, 1.82) is 0 Å². The molecule has 1 aliphatic heterocycles. The molecule has 0 aromatic heterocycles. The van der Waals surface area contributed by atoms with Gasteiger partial charge in [0.25, 0.3) is 0 Å². The van der Waals surface area contributed by atoms with Gasteiger partial charge < -0.3 is 9.64 Å². The van der Waals surface area contributed by atoms with Crippen LogP contribution >= 0.6 is 0 Å². The first-order chi connectivity index (χ1) is 6.65. The molecule has 0 unspecified atom stereocenters. The second-order valence-corrected chi connectivity index (χ2v) is 3.70. The monoisotopic (exact) mass is 199 g/mol. The van der Waals surface area contributed by atoms with Crippen LogP contribution in [0.4, 0.5) is 0 Å². The summed E-state index contributed by atoms with van der Waals surface area (Å²) in [5.41, 5.74) is 0. The first-order valence-corrected chi connectivity index (χ1v) is 5.05. The molecule has 0 aliphatic carbocycles. The predicted octanol–water partition coefficient (Wildman–Crippen LogP) is 0.808. The number of amides is 1. The summed E-state index contributed by atoms with van der Waals surface area (Å²) in [6, 6.07) is 0. The van der Waals surface area contributed by atoms with E-state index in [1.807, 2.05) is 6.92 Å². The van der Waals surface area contributed by atoms with Gasteiger partial charge in [-0.1, -0.05) is 13.3 Å². The molecule has 1 amide bonds. The van der Waals surface area contributed by atoms with Gasteiger partial charge in [-0.2, -0.15) is 0 Å². The summed E-state index contributed by atoms with van der Waals surface area (Å²) >= 11 is 0. The van der Waals surface area contributed by atoms with Gasteiger partial charge in [0.15, 0.2) is 0 Å². The topological polar surface area (TPSA) is 46.6 Å². The van der Waals surface area contributed by atoms with Gasteiger partial charge in [-0.25, -0.2) is 0 Å². The molecule has 4 nitrogen and oxygen atoms in total. The Morgan fingerprint density at radius 3 is 2.86 bits per heavy atom. The zero-order chi connectivity index (χ0) is 10.6. The fourth-order valence-electron chi connectivity index (χ4n) is 1.46. The fourth-order valence-corrected chi connectivity index (χ4v) is 1.46. The third-order valence-corrected chi connectivity index (χ3v) is 2.42. The third kappa shape index (κ3) is 2.72. The van der Waals surface area contributed by atoms with E-state index in [9.17, 15) is 9.59 Å². The largest absolute Gasteiger partial charge is 0.465 e. The SMILES string of the molecule is CCCCOC(=O)[C@H]1CC(=O)N(C)C1. The Morgan fingerprint density at radius 2 is 2.36 bits per heavy atom. The zero-order valence-electron chi connectivity index (χ0n) is 8.78. The quantitative estimate of drug-likeness (QED) is 0.497. The molecular weight excluding hydrogens is 182 g/mol. The van der Waals surface area contributed by atoms with Crippen LogP contribution in [0.1, 0.15) is 26.2 Å². The van der Waals surface area contributed by atoms with Crippen molar-refractivity contribution in [2.45, 2.75) is 26.2 Å². The summed E-state index contributed by atoms with van der Waals surface area (Å²) in [4.78, 5) is 24.1. The lowest BCUT2D eigenvalue weighted by atomic mass is 10.1. The van der Waals surface area contributed by atoms with Crippen molar-refractivity contribution in [3.63, 3.8) is 0 Å². The number of ether oxygens (including phenoxy) is 1. The van der Waals surface area contributed by atoms with E-state index in [0.29, 0.717) is 19.6 Å². The number of esters is 1. The van der Waals surface area contributed by atoms with Gasteiger partial charge in [0, 0.05) is 20.0 Å². The second-order valence-electron chi connectivity index (χ2n) is 3.70. The molecule has 0 radical (unpaired) electrons. The highest BCUT2D eigenvalue weighted by Gasteiger charge is 2.32. The number of likely N-dealkylation sites (tertiary alicyclic amines) is 1. The second kappa shape index (κ2) is 4.98. The predicted molar refractivity (Wildman–Crippen MR) is 51.6 cm³/mol. The first-order valence-electron chi connectivity index (χ1n) is 5.05. The summed E-state index contributed by atoms with van der Waals surface area (Å²) in [6.45, 7) is 3.02. The Labute approximate surface area is 84.2 Å². The average molecular weight is 199 g/mol. The number of carbonyl (C=O) groups is 2. The molecule has 0 aromatic carbocycles. The standard InChI is InChI=1S/C10H17NO3/c1-3-4-5-14-10(13)8-6-9(12)11(2)7-8/h8H,3-7H2,1-2H3/t8-/m0/s1. The van der Waals surface area contributed by atoms with Crippen molar-refractivity contribution >= 4 is 11.9 Å². The number of hydrogen-bond acceptors (Lipinski definition) is 3. The molecule has 1 heterocycles. The lowest BCUT2D eigenvalue weighted by Gasteiger charge is -2.09. The van der Waals surface area contributed by atoms with E-state index in [4.69, 9.17) is 4.74 Å². The minimum absolute atomic E-state index is 0.0300. The van der Waals surface area contributed by atoms with Crippen LogP contribution in [0.5, 0.6) is 0 Å². The molecule has 1 fully saturated rings. The molecule has 1 saturated heterocycles. The maximum absolute atomic E-state index is 11.4. The molecule has 1 rings (SSSR count). The Bertz CT molecular complexity index is 227. The lowest BCUT2D eigenvalue weighted by Crippen LogP contribution is -2.22. The number of rotatable bonds is 4. The van der Waals surface area contributed by atoms with Gasteiger partial charge in [-0.05, 0) is 6.42 Å². The van der Waals surface area contributed by atoms with Crippen LogP contribution in [-0.2, 0) is 14.3 Å². The van der Waals surface area contributed by atoms with Gasteiger partial charge in [0.2, 0.25) is 5.91 Å². The summed E-state index contributed by atoms with van der Waals surface area (Å²) in [5.74, 6) is -0.442. The Balaban J connectivity index is 2.28. The summed E-state index contributed by atoms with van der Waals surface area (Å²) in [6.07, 6.45) is 2.21. The van der Waals surface area contributed by atoms with Crippen LogP contribution in [0.2, 0.25) is 0 Å². The van der Waals surface area contributed by atoms with Crippen LogP contribution in [-0.4, -0.2) is 37.0 Å². The molecule has 4 heteroatoms. The molecule has 0 bridgehead atoms. The van der Waals surface area contributed by atoms with Crippen LogP contribution in [0.3, 0.4) is 0 Å². The van der Waals surface area contributed by atoms with Gasteiger partial charge in [-0.3, -0.25) is 9.59 Å². The number of nitrogens with zero attached hydrogens (tertiary/aromatic N) is 1. The molecule has 0 N–H and O–H groups in total. The Kier molecular flexibility index (Phi) is 3.92. The maximum atomic E-state index is 11.4. The van der Waals surface area contributed by atoms with E-state index >= 15 is 0 Å². The van der Waals surface area contributed by atoms with Gasteiger partial charge >= 0.3 is 5.97 Å². The summed E-state index contributed by atoms with van der Waals surface area (Å²) in [5, 5.41) is 0. The van der Waals surface area contributed by atoms with Gasteiger partial charge in [0.1, 0.15) is 0 Å². The van der Waals surface area contributed by atoms with Crippen molar-refractivity contribution in [3.8, 4) is 0 Å². The van der Waals surface area contributed by atoms with Crippen LogP contribution in [0.15, 0.2) is 0 Å². The van der Waals surface area contributed by atoms with Crippen molar-refractivity contribution < 1.29 is 14.3 Å². The molecule has 0 spiro atoms. The number of hydrogen-bond donors (Lipinski definition) is 0. The van der Waals surface area contributed by atoms with E-state index in [1.54, 1.807) is 11.9 Å². The highest BCUT2D eigenvalue weighted by Crippen LogP contribution is 2.17. The first kappa shape index (κ1) is 11.0. The van der Waals surface area contributed by atoms with Crippen molar-refractivity contribution in [1.82, 2.24) is 4.90 Å². The average Bonchev–Trinajstić information content (AvgIpc) is 2.47. The minimum Gasteiger partial charge on any atom is -0.465 e. The van der Waals surface area contributed by atoms with E-state index in [2.05, 4.69) is 0 Å². The number of carbonyl (C=O) groups excluding carboxylic acids is 2. The van der Waals surface area contributed by atoms with Crippen molar-refractivity contribution in [2.24, 2.45) is 5.92 Å². The molecule has 14 heavy (non-hydrogen) atoms. The molecule has 1 aliphatic rings. The fraction of sp³-hybridized carbons (Fsp3) is 0.800.